The van der Waals surface area contributed by atoms with Crippen LogP contribution >= 0.6 is 15.9 Å². The molecule has 2 aliphatic heterocycles. The van der Waals surface area contributed by atoms with Gasteiger partial charge in [0.25, 0.3) is 5.92 Å². The fourth-order valence-electron chi connectivity index (χ4n) is 6.10. The minimum absolute atomic E-state index is 0.0131. The Morgan fingerprint density at radius 1 is 1.17 bits per heavy atom. The number of piperidine rings is 1. The molecule has 2 saturated heterocycles. The SMILES string of the molecule is COc1ccc2ccccc2c1-c1cn(CC2CCN(C(=O)C3CC(=O)N(c4ccc(Br)cc4C)C3)CC2(F)F)nn1. The summed E-state index contributed by atoms with van der Waals surface area (Å²) in [6.45, 7) is 1.56. The number of likely N-dealkylation sites (tertiary alicyclic amines) is 1. The van der Waals surface area contributed by atoms with Gasteiger partial charge in [0.1, 0.15) is 11.4 Å². The summed E-state index contributed by atoms with van der Waals surface area (Å²) in [7, 11) is 1.58. The molecule has 8 nitrogen and oxygen atoms in total. The molecule has 0 saturated carbocycles. The highest BCUT2D eigenvalue weighted by molar-refractivity contribution is 9.10. The van der Waals surface area contributed by atoms with E-state index in [9.17, 15) is 9.59 Å². The number of anilines is 1. The lowest BCUT2D eigenvalue weighted by atomic mass is 9.91. The van der Waals surface area contributed by atoms with Crippen molar-refractivity contribution in [3.8, 4) is 17.0 Å². The summed E-state index contributed by atoms with van der Waals surface area (Å²) in [6.07, 6.45) is 1.79. The molecule has 3 aromatic carbocycles. The Labute approximate surface area is 250 Å². The Kier molecular flexibility index (Phi) is 7.46. The number of aryl methyl sites for hydroxylation is 1. The molecule has 11 heteroatoms. The highest BCUT2D eigenvalue weighted by atomic mass is 79.9. The Bertz CT molecular complexity index is 1680. The van der Waals surface area contributed by atoms with Crippen molar-refractivity contribution in [1.29, 1.82) is 0 Å². The van der Waals surface area contributed by atoms with Crippen LogP contribution in [0.4, 0.5) is 14.5 Å². The van der Waals surface area contributed by atoms with Crippen molar-refractivity contribution in [2.45, 2.75) is 32.2 Å². The number of alkyl halides is 2. The molecule has 0 N–H and O–H groups in total. The van der Waals surface area contributed by atoms with Crippen LogP contribution in [0.25, 0.3) is 22.0 Å². The minimum atomic E-state index is -3.12. The first-order valence-corrected chi connectivity index (χ1v) is 14.6. The Morgan fingerprint density at radius 3 is 2.74 bits per heavy atom. The lowest BCUT2D eigenvalue weighted by Crippen LogP contribution is -2.53. The van der Waals surface area contributed by atoms with Crippen LogP contribution in [0.5, 0.6) is 5.75 Å². The number of methoxy groups -OCH3 is 1. The maximum absolute atomic E-state index is 15.5. The zero-order valence-corrected chi connectivity index (χ0v) is 24.9. The van der Waals surface area contributed by atoms with Gasteiger partial charge in [-0.1, -0.05) is 51.5 Å². The van der Waals surface area contributed by atoms with Gasteiger partial charge in [0.05, 0.1) is 37.9 Å². The fraction of sp³-hybridized carbons (Fsp3) is 0.355. The Balaban J connectivity index is 1.13. The number of nitrogens with zero attached hydrogens (tertiary/aromatic N) is 5. The van der Waals surface area contributed by atoms with Gasteiger partial charge in [0, 0.05) is 35.6 Å². The van der Waals surface area contributed by atoms with E-state index in [-0.39, 0.29) is 38.4 Å². The van der Waals surface area contributed by atoms with E-state index in [1.165, 1.54) is 9.58 Å². The summed E-state index contributed by atoms with van der Waals surface area (Å²) >= 11 is 3.42. The molecule has 2 unspecified atom stereocenters. The lowest BCUT2D eigenvalue weighted by molar-refractivity contribution is -0.155. The first-order valence-electron chi connectivity index (χ1n) is 13.8. The highest BCUT2D eigenvalue weighted by Gasteiger charge is 2.48. The van der Waals surface area contributed by atoms with Crippen LogP contribution in [0.2, 0.25) is 0 Å². The number of ether oxygens (including phenoxy) is 1. The normalized spacial score (nSPS) is 20.4. The molecule has 2 aliphatic rings. The zero-order valence-electron chi connectivity index (χ0n) is 23.3. The van der Waals surface area contributed by atoms with Crippen molar-refractivity contribution in [1.82, 2.24) is 19.9 Å². The predicted octanol–water partition coefficient (Wildman–Crippen LogP) is 5.71. The number of fused-ring (bicyclic) bond motifs is 1. The van der Waals surface area contributed by atoms with E-state index in [1.54, 1.807) is 18.2 Å². The summed E-state index contributed by atoms with van der Waals surface area (Å²) in [5.41, 5.74) is 2.92. The topological polar surface area (TPSA) is 80.6 Å². The molecule has 6 rings (SSSR count). The smallest absolute Gasteiger partial charge is 0.269 e. The van der Waals surface area contributed by atoms with E-state index < -0.39 is 30.2 Å². The minimum Gasteiger partial charge on any atom is -0.496 e. The summed E-state index contributed by atoms with van der Waals surface area (Å²) in [6, 6.07) is 17.2. The molecular weight excluding hydrogens is 608 g/mol. The van der Waals surface area contributed by atoms with Crippen LogP contribution in [0.3, 0.4) is 0 Å². The molecule has 218 valence electrons. The second-order valence-electron chi connectivity index (χ2n) is 11.0. The van der Waals surface area contributed by atoms with Gasteiger partial charge >= 0.3 is 0 Å². The van der Waals surface area contributed by atoms with E-state index in [2.05, 4.69) is 26.2 Å². The van der Waals surface area contributed by atoms with Crippen LogP contribution in [-0.4, -0.2) is 64.4 Å². The van der Waals surface area contributed by atoms with Crippen molar-refractivity contribution in [2.24, 2.45) is 11.8 Å². The number of rotatable bonds is 6. The van der Waals surface area contributed by atoms with Crippen LogP contribution in [-0.2, 0) is 16.1 Å². The van der Waals surface area contributed by atoms with Gasteiger partial charge in [0.15, 0.2) is 0 Å². The second kappa shape index (κ2) is 11.1. The van der Waals surface area contributed by atoms with E-state index >= 15 is 8.78 Å². The summed E-state index contributed by atoms with van der Waals surface area (Å²) < 4.78 is 38.8. The maximum Gasteiger partial charge on any atom is 0.269 e. The van der Waals surface area contributed by atoms with Crippen molar-refractivity contribution in [2.75, 3.05) is 31.6 Å². The number of aromatic nitrogens is 3. The molecule has 2 atom stereocenters. The average Bonchev–Trinajstić information content (AvgIpc) is 3.59. The van der Waals surface area contributed by atoms with Gasteiger partial charge in [-0.25, -0.2) is 8.78 Å². The Morgan fingerprint density at radius 2 is 1.98 bits per heavy atom. The summed E-state index contributed by atoms with van der Waals surface area (Å²) in [5.74, 6) is -4.74. The van der Waals surface area contributed by atoms with Crippen LogP contribution in [0, 0.1) is 18.8 Å². The number of hydrogen-bond donors (Lipinski definition) is 0. The molecular formula is C31H30BrF2N5O3. The van der Waals surface area contributed by atoms with Gasteiger partial charge < -0.3 is 14.5 Å². The molecule has 2 amide bonds. The quantitative estimate of drug-likeness (QED) is 0.270. The number of hydrogen-bond acceptors (Lipinski definition) is 5. The molecule has 2 fully saturated rings. The number of halogens is 3. The first-order chi connectivity index (χ1) is 20.1. The largest absolute Gasteiger partial charge is 0.496 e. The van der Waals surface area contributed by atoms with Crippen molar-refractivity contribution >= 4 is 44.2 Å². The van der Waals surface area contributed by atoms with Gasteiger partial charge in [-0.05, 0) is 53.9 Å². The molecule has 4 aromatic rings. The third kappa shape index (κ3) is 5.26. The van der Waals surface area contributed by atoms with Crippen LogP contribution in [0.1, 0.15) is 18.4 Å². The number of amides is 2. The second-order valence-corrected chi connectivity index (χ2v) is 11.9. The van der Waals surface area contributed by atoms with Crippen molar-refractivity contribution in [3.63, 3.8) is 0 Å². The third-order valence-corrected chi connectivity index (χ3v) is 8.79. The first kappa shape index (κ1) is 28.3. The van der Waals surface area contributed by atoms with Gasteiger partial charge in [-0.15, -0.1) is 5.10 Å². The van der Waals surface area contributed by atoms with E-state index in [4.69, 9.17) is 4.74 Å². The van der Waals surface area contributed by atoms with Gasteiger partial charge in [0.2, 0.25) is 11.8 Å². The van der Waals surface area contributed by atoms with E-state index in [1.807, 2.05) is 61.5 Å². The fourth-order valence-corrected chi connectivity index (χ4v) is 6.57. The standard InChI is InChI=1S/C31H30BrF2N5O3/c1-19-13-23(32)8-9-26(19)39-15-21(14-28(39)40)30(41)37-12-11-22(31(33,34)18-37)16-38-17-25(35-36-38)29-24-6-4-3-5-20(24)7-10-27(29)42-2/h3-10,13,17,21-22H,11-12,14-16,18H2,1-2H3. The number of carbonyl (C=O) groups excluding carboxylic acids is 2. The lowest BCUT2D eigenvalue weighted by Gasteiger charge is -2.39. The molecule has 0 bridgehead atoms. The van der Waals surface area contributed by atoms with Crippen molar-refractivity contribution in [3.05, 3.63) is 70.8 Å². The summed E-state index contributed by atoms with van der Waals surface area (Å²) in [5, 5.41) is 10.4. The predicted molar refractivity (Wildman–Crippen MR) is 158 cm³/mol. The van der Waals surface area contributed by atoms with E-state index in [0.29, 0.717) is 11.4 Å². The van der Waals surface area contributed by atoms with E-state index in [0.717, 1.165) is 32.1 Å². The number of carbonyl (C=O) groups is 2. The monoisotopic (exact) mass is 637 g/mol. The van der Waals surface area contributed by atoms with Crippen LogP contribution in [0.15, 0.2) is 65.3 Å². The molecule has 1 aromatic heterocycles. The summed E-state index contributed by atoms with van der Waals surface area (Å²) in [4.78, 5) is 28.9. The third-order valence-electron chi connectivity index (χ3n) is 8.29. The molecule has 0 spiro atoms. The molecule has 42 heavy (non-hydrogen) atoms. The maximum atomic E-state index is 15.5. The molecule has 0 radical (unpaired) electrons. The molecule has 0 aliphatic carbocycles. The van der Waals surface area contributed by atoms with Gasteiger partial charge in [-0.3, -0.25) is 14.3 Å². The highest BCUT2D eigenvalue weighted by Crippen LogP contribution is 2.38. The van der Waals surface area contributed by atoms with Crippen LogP contribution < -0.4 is 9.64 Å². The molecule has 3 heterocycles. The van der Waals surface area contributed by atoms with Gasteiger partial charge in [-0.2, -0.15) is 0 Å². The Hall–Kier alpha value is -3.86. The number of benzene rings is 3. The zero-order chi connectivity index (χ0) is 29.6. The average molecular weight is 639 g/mol. The van der Waals surface area contributed by atoms with Crippen molar-refractivity contribution < 1.29 is 23.1 Å².